The van der Waals surface area contributed by atoms with Gasteiger partial charge in [0.2, 0.25) is 5.91 Å². The van der Waals surface area contributed by atoms with E-state index in [1.807, 2.05) is 30.0 Å². The van der Waals surface area contributed by atoms with Crippen LogP contribution in [0.25, 0.3) is 0 Å². The van der Waals surface area contributed by atoms with Crippen molar-refractivity contribution >= 4 is 5.91 Å². The van der Waals surface area contributed by atoms with Crippen molar-refractivity contribution in [3.8, 4) is 0 Å². The lowest BCUT2D eigenvalue weighted by Crippen LogP contribution is -2.42. The molecule has 2 N–H and O–H groups in total. The summed E-state index contributed by atoms with van der Waals surface area (Å²) in [6.07, 6.45) is 3.99. The van der Waals surface area contributed by atoms with Crippen LogP contribution in [0, 0.1) is 0 Å². The van der Waals surface area contributed by atoms with E-state index in [0.29, 0.717) is 0 Å². The molecule has 4 heteroatoms. The Balaban J connectivity index is 1.85. The quantitative estimate of drug-likeness (QED) is 0.896. The van der Waals surface area contributed by atoms with Gasteiger partial charge >= 0.3 is 0 Å². The van der Waals surface area contributed by atoms with E-state index in [2.05, 4.69) is 17.4 Å². The molecule has 1 aliphatic heterocycles. The van der Waals surface area contributed by atoms with Gasteiger partial charge in [-0.3, -0.25) is 10.1 Å². The van der Waals surface area contributed by atoms with Crippen LogP contribution < -0.4 is 5.32 Å². The number of nitrogens with one attached hydrogen (secondary N) is 1. The van der Waals surface area contributed by atoms with Crippen LogP contribution in [0.4, 0.5) is 0 Å². The molecule has 2 fully saturated rings. The minimum Gasteiger partial charge on any atom is -0.393 e. The number of amides is 1. The Labute approximate surface area is 126 Å². The van der Waals surface area contributed by atoms with Gasteiger partial charge in [0.1, 0.15) is 6.17 Å². The van der Waals surface area contributed by atoms with E-state index >= 15 is 0 Å². The monoisotopic (exact) mass is 288 g/mol. The van der Waals surface area contributed by atoms with Crippen LogP contribution in [-0.4, -0.2) is 34.1 Å². The molecule has 1 amide bonds. The van der Waals surface area contributed by atoms with Gasteiger partial charge in [-0.25, -0.2) is 0 Å². The molecule has 2 unspecified atom stereocenters. The first-order valence-corrected chi connectivity index (χ1v) is 8.02. The number of aliphatic hydroxyl groups excluding tert-OH is 1. The first-order chi connectivity index (χ1) is 10.2. The van der Waals surface area contributed by atoms with E-state index in [1.165, 1.54) is 0 Å². The number of benzene rings is 1. The highest BCUT2D eigenvalue weighted by Crippen LogP contribution is 2.34. The van der Waals surface area contributed by atoms with Crippen LogP contribution in [0.2, 0.25) is 0 Å². The van der Waals surface area contributed by atoms with Crippen LogP contribution in [0.5, 0.6) is 0 Å². The Morgan fingerprint density at radius 2 is 1.86 bits per heavy atom. The maximum absolute atomic E-state index is 12.7. The first kappa shape index (κ1) is 14.5. The van der Waals surface area contributed by atoms with Crippen molar-refractivity contribution in [1.29, 1.82) is 0 Å². The topological polar surface area (TPSA) is 52.6 Å². The maximum Gasteiger partial charge on any atom is 0.241 e. The third-order valence-electron chi connectivity index (χ3n) is 4.77. The fourth-order valence-corrected chi connectivity index (χ4v) is 3.56. The highest BCUT2D eigenvalue weighted by molar-refractivity contribution is 5.84. The Bertz CT molecular complexity index is 483. The summed E-state index contributed by atoms with van der Waals surface area (Å²) in [4.78, 5) is 14.7. The minimum atomic E-state index is -0.191. The number of carbonyl (C=O) groups excluding carboxylic acids is 1. The third-order valence-corrected chi connectivity index (χ3v) is 4.77. The molecular weight excluding hydrogens is 264 g/mol. The highest BCUT2D eigenvalue weighted by Gasteiger charge is 2.42. The molecule has 114 valence electrons. The van der Waals surface area contributed by atoms with E-state index < -0.39 is 0 Å². The second-order valence-corrected chi connectivity index (χ2v) is 6.15. The van der Waals surface area contributed by atoms with Gasteiger partial charge in [-0.1, -0.05) is 37.3 Å². The van der Waals surface area contributed by atoms with Crippen LogP contribution in [-0.2, 0) is 4.79 Å². The van der Waals surface area contributed by atoms with Crippen molar-refractivity contribution < 1.29 is 9.90 Å². The fraction of sp³-hybridized carbons (Fsp3) is 0.588. The summed E-state index contributed by atoms with van der Waals surface area (Å²) in [6, 6.07) is 10.4. The lowest BCUT2D eigenvalue weighted by atomic mass is 9.91. The number of rotatable bonds is 3. The third kappa shape index (κ3) is 2.83. The molecule has 1 aliphatic carbocycles. The molecule has 4 nitrogen and oxygen atoms in total. The van der Waals surface area contributed by atoms with Gasteiger partial charge < -0.3 is 10.0 Å². The van der Waals surface area contributed by atoms with E-state index in [9.17, 15) is 9.90 Å². The van der Waals surface area contributed by atoms with Gasteiger partial charge in [0.05, 0.1) is 12.1 Å². The molecule has 1 aromatic rings. The second-order valence-electron chi connectivity index (χ2n) is 6.15. The number of hydrogen-bond donors (Lipinski definition) is 2. The number of hydrogen-bond acceptors (Lipinski definition) is 3. The smallest absolute Gasteiger partial charge is 0.241 e. The summed E-state index contributed by atoms with van der Waals surface area (Å²) in [5, 5.41) is 13.2. The molecule has 0 bridgehead atoms. The zero-order valence-corrected chi connectivity index (χ0v) is 12.5. The summed E-state index contributed by atoms with van der Waals surface area (Å²) >= 11 is 0. The summed E-state index contributed by atoms with van der Waals surface area (Å²) in [6.45, 7) is 2.05. The largest absolute Gasteiger partial charge is 0.393 e. The van der Waals surface area contributed by atoms with Gasteiger partial charge in [0, 0.05) is 6.04 Å². The lowest BCUT2D eigenvalue weighted by molar-refractivity contribution is -0.133. The fourth-order valence-electron chi connectivity index (χ4n) is 3.56. The summed E-state index contributed by atoms with van der Waals surface area (Å²) < 4.78 is 0. The van der Waals surface area contributed by atoms with E-state index in [1.54, 1.807) is 0 Å². The maximum atomic E-state index is 12.7. The number of carbonyl (C=O) groups is 1. The average molecular weight is 288 g/mol. The molecule has 1 saturated heterocycles. The van der Waals surface area contributed by atoms with Gasteiger partial charge in [-0.05, 0) is 37.7 Å². The van der Waals surface area contributed by atoms with Crippen LogP contribution in [0.15, 0.2) is 30.3 Å². The van der Waals surface area contributed by atoms with Crippen molar-refractivity contribution in [1.82, 2.24) is 10.2 Å². The normalized spacial score (nSPS) is 33.4. The van der Waals surface area contributed by atoms with Crippen molar-refractivity contribution in [2.45, 2.75) is 63.4 Å². The number of nitrogens with zero attached hydrogens (tertiary/aromatic N) is 1. The van der Waals surface area contributed by atoms with Crippen LogP contribution in [0.3, 0.4) is 0 Å². The number of aliphatic hydroxyl groups is 1. The molecule has 2 aliphatic rings. The molecule has 1 heterocycles. The van der Waals surface area contributed by atoms with Gasteiger partial charge in [-0.15, -0.1) is 0 Å². The SMILES string of the molecule is CCC1NC(c2ccccc2)N(C2CCC(O)CC2)C1=O. The predicted octanol–water partition coefficient (Wildman–Crippen LogP) is 2.20. The molecule has 21 heavy (non-hydrogen) atoms. The molecule has 1 saturated carbocycles. The molecular formula is C17H24N2O2. The summed E-state index contributed by atoms with van der Waals surface area (Å²) in [7, 11) is 0. The van der Waals surface area contributed by atoms with E-state index in [4.69, 9.17) is 0 Å². The van der Waals surface area contributed by atoms with Crippen molar-refractivity contribution in [3.63, 3.8) is 0 Å². The van der Waals surface area contributed by atoms with Crippen LogP contribution in [0.1, 0.15) is 50.8 Å². The van der Waals surface area contributed by atoms with Gasteiger partial charge in [-0.2, -0.15) is 0 Å². The highest BCUT2D eigenvalue weighted by atomic mass is 16.3. The Morgan fingerprint density at radius 3 is 2.48 bits per heavy atom. The first-order valence-electron chi connectivity index (χ1n) is 8.02. The molecule has 2 atom stereocenters. The van der Waals surface area contributed by atoms with E-state index in [0.717, 1.165) is 37.7 Å². The van der Waals surface area contributed by atoms with Gasteiger partial charge in [0.15, 0.2) is 0 Å². The second kappa shape index (κ2) is 6.16. The van der Waals surface area contributed by atoms with E-state index in [-0.39, 0.29) is 30.3 Å². The molecule has 0 radical (unpaired) electrons. The predicted molar refractivity (Wildman–Crippen MR) is 81.5 cm³/mol. The molecule has 0 spiro atoms. The summed E-state index contributed by atoms with van der Waals surface area (Å²) in [5.41, 5.74) is 1.15. The Kier molecular flexibility index (Phi) is 4.27. The molecule has 0 aromatic heterocycles. The zero-order chi connectivity index (χ0) is 14.8. The Morgan fingerprint density at radius 1 is 1.19 bits per heavy atom. The van der Waals surface area contributed by atoms with Crippen LogP contribution >= 0.6 is 0 Å². The van der Waals surface area contributed by atoms with Crippen molar-refractivity contribution in [2.24, 2.45) is 0 Å². The average Bonchev–Trinajstić information content (AvgIpc) is 2.86. The molecule has 1 aromatic carbocycles. The van der Waals surface area contributed by atoms with Gasteiger partial charge in [0.25, 0.3) is 0 Å². The lowest BCUT2D eigenvalue weighted by Gasteiger charge is -2.36. The zero-order valence-electron chi connectivity index (χ0n) is 12.5. The Hall–Kier alpha value is -1.39. The van der Waals surface area contributed by atoms with Crippen molar-refractivity contribution in [3.05, 3.63) is 35.9 Å². The minimum absolute atomic E-state index is 0.0242. The molecule has 3 rings (SSSR count). The summed E-state index contributed by atoms with van der Waals surface area (Å²) in [5.74, 6) is 0.216. The standard InChI is InChI=1S/C17H24N2O2/c1-2-15-17(21)19(13-8-10-14(20)11-9-13)16(18-15)12-6-4-3-5-7-12/h3-7,13-16,18,20H,2,8-11H2,1H3. The van der Waals surface area contributed by atoms with Crippen molar-refractivity contribution in [2.75, 3.05) is 0 Å².